The summed E-state index contributed by atoms with van der Waals surface area (Å²) in [5.41, 5.74) is -0.412. The van der Waals surface area contributed by atoms with E-state index in [1.165, 1.54) is 29.1 Å². The molecule has 0 bridgehead atoms. The highest BCUT2D eigenvalue weighted by Gasteiger charge is 2.36. The molecule has 2 aromatic rings. The molecule has 3 rings (SSSR count). The molecule has 1 aromatic heterocycles. The number of amides is 1. The van der Waals surface area contributed by atoms with Gasteiger partial charge in [-0.3, -0.25) is 14.2 Å². The minimum Gasteiger partial charge on any atom is -0.497 e. The molecule has 1 amide bonds. The summed E-state index contributed by atoms with van der Waals surface area (Å²) in [5.74, 6) is -2.53. The number of benzene rings is 1. The highest BCUT2D eigenvalue weighted by atomic mass is 19.1. The minimum absolute atomic E-state index is 0.0175. The van der Waals surface area contributed by atoms with Gasteiger partial charge in [-0.15, -0.1) is 0 Å². The fourth-order valence-corrected chi connectivity index (χ4v) is 3.05. The molecule has 1 aromatic carbocycles. The van der Waals surface area contributed by atoms with E-state index in [-0.39, 0.29) is 41.4 Å². The summed E-state index contributed by atoms with van der Waals surface area (Å²) in [6, 6.07) is 2.17. The summed E-state index contributed by atoms with van der Waals surface area (Å²) < 4.78 is 34.8. The fraction of sp³-hybridized carbons (Fsp3) is 0.353. The third-order valence-corrected chi connectivity index (χ3v) is 4.34. The van der Waals surface area contributed by atoms with Crippen LogP contribution in [0, 0.1) is 11.6 Å². The molecule has 0 N–H and O–H groups in total. The molecule has 0 spiro atoms. The van der Waals surface area contributed by atoms with Crippen LogP contribution in [0.3, 0.4) is 0 Å². The number of anilines is 1. The van der Waals surface area contributed by atoms with Crippen molar-refractivity contribution >= 4 is 11.6 Å². The summed E-state index contributed by atoms with van der Waals surface area (Å²) in [6.07, 6.45) is 2.60. The molecular formula is C17H17F2N3O3. The number of methoxy groups -OCH3 is 1. The summed E-state index contributed by atoms with van der Waals surface area (Å²) >= 11 is 0. The molecule has 1 saturated heterocycles. The molecule has 0 saturated carbocycles. The van der Waals surface area contributed by atoms with Gasteiger partial charge in [0.25, 0.3) is 5.56 Å². The average Bonchev–Trinajstić information content (AvgIpc) is 2.95. The van der Waals surface area contributed by atoms with Crippen molar-refractivity contribution in [2.24, 2.45) is 0 Å². The van der Waals surface area contributed by atoms with E-state index in [0.29, 0.717) is 6.54 Å². The van der Waals surface area contributed by atoms with E-state index in [0.717, 1.165) is 12.1 Å². The van der Waals surface area contributed by atoms with Crippen molar-refractivity contribution in [1.29, 1.82) is 0 Å². The smallest absolute Gasteiger partial charge is 0.277 e. The van der Waals surface area contributed by atoms with Gasteiger partial charge < -0.3 is 9.64 Å². The van der Waals surface area contributed by atoms with Gasteiger partial charge in [-0.05, 0) is 6.92 Å². The van der Waals surface area contributed by atoms with Crippen molar-refractivity contribution in [3.63, 3.8) is 0 Å². The number of rotatable bonds is 4. The van der Waals surface area contributed by atoms with Gasteiger partial charge in [0.2, 0.25) is 5.91 Å². The molecule has 0 unspecified atom stereocenters. The first-order valence-corrected chi connectivity index (χ1v) is 7.84. The molecule has 0 radical (unpaired) electrons. The highest BCUT2D eigenvalue weighted by Crippen LogP contribution is 2.34. The second-order valence-corrected chi connectivity index (χ2v) is 5.78. The zero-order valence-electron chi connectivity index (χ0n) is 13.8. The number of nitrogens with zero attached hydrogens (tertiary/aromatic N) is 3. The molecule has 1 fully saturated rings. The molecule has 25 heavy (non-hydrogen) atoms. The first-order valence-electron chi connectivity index (χ1n) is 7.84. The summed E-state index contributed by atoms with van der Waals surface area (Å²) in [5, 5.41) is 0. The topological polar surface area (TPSA) is 64.4 Å². The quantitative estimate of drug-likeness (QED) is 0.848. The maximum Gasteiger partial charge on any atom is 0.277 e. The predicted octanol–water partition coefficient (Wildman–Crippen LogP) is 2.07. The molecule has 132 valence electrons. The van der Waals surface area contributed by atoms with Crippen LogP contribution >= 0.6 is 0 Å². The van der Waals surface area contributed by atoms with Crippen molar-refractivity contribution in [1.82, 2.24) is 9.55 Å². The van der Waals surface area contributed by atoms with E-state index in [1.54, 1.807) is 6.92 Å². The van der Waals surface area contributed by atoms with E-state index < -0.39 is 17.6 Å². The second-order valence-electron chi connectivity index (χ2n) is 5.78. The van der Waals surface area contributed by atoms with Crippen molar-refractivity contribution in [2.45, 2.75) is 25.8 Å². The second kappa shape index (κ2) is 6.62. The largest absolute Gasteiger partial charge is 0.497 e. The van der Waals surface area contributed by atoms with Gasteiger partial charge >= 0.3 is 0 Å². The Kier molecular flexibility index (Phi) is 4.52. The first kappa shape index (κ1) is 17.1. The van der Waals surface area contributed by atoms with Crippen molar-refractivity contribution in [2.75, 3.05) is 18.6 Å². The monoisotopic (exact) mass is 349 g/mol. The van der Waals surface area contributed by atoms with Gasteiger partial charge in [0.15, 0.2) is 0 Å². The molecule has 1 aliphatic rings. The first-order chi connectivity index (χ1) is 12.0. The van der Waals surface area contributed by atoms with Gasteiger partial charge in [0.05, 0.1) is 19.6 Å². The zero-order valence-corrected chi connectivity index (χ0v) is 13.8. The van der Waals surface area contributed by atoms with Crippen LogP contribution in [0.15, 0.2) is 29.5 Å². The number of halogens is 2. The third-order valence-electron chi connectivity index (χ3n) is 4.34. The minimum atomic E-state index is -0.770. The Hall–Kier alpha value is -2.77. The van der Waals surface area contributed by atoms with Crippen LogP contribution in [-0.2, 0) is 11.3 Å². The summed E-state index contributed by atoms with van der Waals surface area (Å²) in [6.45, 7) is 2.21. The van der Waals surface area contributed by atoms with Gasteiger partial charge in [0.1, 0.15) is 23.1 Å². The Morgan fingerprint density at radius 1 is 1.28 bits per heavy atom. The lowest BCUT2D eigenvalue weighted by atomic mass is 9.97. The molecular weight excluding hydrogens is 332 g/mol. The van der Waals surface area contributed by atoms with Gasteiger partial charge in [0, 0.05) is 43.1 Å². The lowest BCUT2D eigenvalue weighted by Crippen LogP contribution is -2.33. The number of ether oxygens (including phenoxy) is 1. The molecule has 0 aliphatic carbocycles. The van der Waals surface area contributed by atoms with Crippen LogP contribution in [-0.4, -0.2) is 29.1 Å². The molecule has 6 nitrogen and oxygen atoms in total. The van der Waals surface area contributed by atoms with E-state index >= 15 is 0 Å². The average molecular weight is 349 g/mol. The zero-order chi connectivity index (χ0) is 18.1. The van der Waals surface area contributed by atoms with Crippen LogP contribution in [0.2, 0.25) is 0 Å². The Morgan fingerprint density at radius 2 is 1.96 bits per heavy atom. The summed E-state index contributed by atoms with van der Waals surface area (Å²) in [4.78, 5) is 29.9. The lowest BCUT2D eigenvalue weighted by Gasteiger charge is -2.17. The normalized spacial score (nSPS) is 17.2. The van der Waals surface area contributed by atoms with Crippen molar-refractivity contribution < 1.29 is 18.3 Å². The molecule has 1 atom stereocenters. The number of carbonyl (C=O) groups excluding carboxylic acids is 1. The van der Waals surface area contributed by atoms with Crippen molar-refractivity contribution in [3.8, 4) is 5.75 Å². The van der Waals surface area contributed by atoms with Crippen LogP contribution < -0.4 is 15.2 Å². The molecule has 1 aliphatic heterocycles. The fourth-order valence-electron chi connectivity index (χ4n) is 3.05. The Labute approximate surface area is 142 Å². The van der Waals surface area contributed by atoms with E-state index in [4.69, 9.17) is 4.74 Å². The SMILES string of the molecule is CCn1cncc(N2C[C@@H](c3c(F)cc(OC)cc3F)CC2=O)c1=O. The molecule has 2 heterocycles. The van der Waals surface area contributed by atoms with Crippen LogP contribution in [0.25, 0.3) is 0 Å². The number of hydrogen-bond acceptors (Lipinski definition) is 4. The van der Waals surface area contributed by atoms with E-state index in [1.807, 2.05) is 0 Å². The molecule has 8 heteroatoms. The van der Waals surface area contributed by atoms with Crippen LogP contribution in [0.1, 0.15) is 24.8 Å². The van der Waals surface area contributed by atoms with E-state index in [2.05, 4.69) is 4.98 Å². The predicted molar refractivity (Wildman–Crippen MR) is 86.8 cm³/mol. The maximum absolute atomic E-state index is 14.3. The van der Waals surface area contributed by atoms with Crippen molar-refractivity contribution in [3.05, 3.63) is 52.2 Å². The third kappa shape index (κ3) is 2.99. The highest BCUT2D eigenvalue weighted by molar-refractivity contribution is 5.96. The Balaban J connectivity index is 1.95. The number of aryl methyl sites for hydroxylation is 1. The van der Waals surface area contributed by atoms with Gasteiger partial charge in [-0.25, -0.2) is 13.8 Å². The van der Waals surface area contributed by atoms with Crippen LogP contribution in [0.4, 0.5) is 14.5 Å². The van der Waals surface area contributed by atoms with E-state index in [9.17, 15) is 18.4 Å². The number of aromatic nitrogens is 2. The van der Waals surface area contributed by atoms with Crippen LogP contribution in [0.5, 0.6) is 5.75 Å². The number of carbonyl (C=O) groups is 1. The summed E-state index contributed by atoms with van der Waals surface area (Å²) in [7, 11) is 1.32. The Morgan fingerprint density at radius 3 is 2.56 bits per heavy atom. The number of hydrogen-bond donors (Lipinski definition) is 0. The van der Waals surface area contributed by atoms with Gasteiger partial charge in [-0.1, -0.05) is 0 Å². The maximum atomic E-state index is 14.3. The lowest BCUT2D eigenvalue weighted by molar-refractivity contribution is -0.117. The van der Waals surface area contributed by atoms with Gasteiger partial charge in [-0.2, -0.15) is 0 Å². The standard InChI is InChI=1S/C17H17F2N3O3/c1-3-21-9-20-7-14(17(21)24)22-8-10(4-15(22)23)16-12(18)5-11(25-2)6-13(16)19/h5-7,9-10H,3-4,8H2,1-2H3/t10-/m0/s1. The Bertz CT molecular complexity index is 859.